The van der Waals surface area contributed by atoms with Crippen LogP contribution in [0.3, 0.4) is 0 Å². The van der Waals surface area contributed by atoms with E-state index in [1.165, 1.54) is 6.33 Å². The molecule has 2 rings (SSSR count). The van der Waals surface area contributed by atoms with E-state index in [0.717, 1.165) is 17.7 Å². The molecule has 2 heterocycles. The van der Waals surface area contributed by atoms with Crippen LogP contribution in [0.15, 0.2) is 18.9 Å². The number of aromatic nitrogens is 4. The monoisotopic (exact) mass is 182 g/mol. The van der Waals surface area contributed by atoms with Crippen molar-refractivity contribution in [1.82, 2.24) is 19.5 Å². The zero-order valence-corrected chi connectivity index (χ0v) is 7.07. The topological polar surface area (TPSA) is 43.6 Å². The number of hydrogen-bond acceptors (Lipinski definition) is 3. The predicted molar refractivity (Wildman–Crippen MR) is 46.0 cm³/mol. The summed E-state index contributed by atoms with van der Waals surface area (Å²) in [5, 5.41) is 0. The van der Waals surface area contributed by atoms with Crippen LogP contribution >= 0.6 is 11.6 Å². The minimum absolute atomic E-state index is 0.565. The number of nitrogens with zero attached hydrogens (tertiary/aromatic N) is 4. The zero-order chi connectivity index (χ0) is 8.39. The standard InChI is InChI=1S/C7H7ClN4/c8-1-2-12-5-11-6-3-9-4-10-7(6)12/h3-5H,1-2H2. The fraction of sp³-hybridized carbons (Fsp3) is 0.286. The molecular formula is C7H7ClN4. The van der Waals surface area contributed by atoms with Gasteiger partial charge in [0.25, 0.3) is 0 Å². The molecule has 0 aliphatic carbocycles. The quantitative estimate of drug-likeness (QED) is 0.653. The largest absolute Gasteiger partial charge is 0.314 e. The summed E-state index contributed by atoms with van der Waals surface area (Å²) in [6.07, 6.45) is 4.92. The summed E-state index contributed by atoms with van der Waals surface area (Å²) in [7, 11) is 0. The molecule has 4 nitrogen and oxygen atoms in total. The Kier molecular flexibility index (Phi) is 1.91. The fourth-order valence-electron chi connectivity index (χ4n) is 1.07. The molecule has 0 fully saturated rings. The molecule has 0 unspecified atom stereocenters. The van der Waals surface area contributed by atoms with Crippen LogP contribution in [-0.2, 0) is 6.54 Å². The summed E-state index contributed by atoms with van der Waals surface area (Å²) in [5.41, 5.74) is 1.65. The summed E-state index contributed by atoms with van der Waals surface area (Å²) in [6, 6.07) is 0. The number of aryl methyl sites for hydroxylation is 1. The predicted octanol–water partition coefficient (Wildman–Crippen LogP) is 1.07. The molecule has 0 spiro atoms. The van der Waals surface area contributed by atoms with Crippen LogP contribution in [0.4, 0.5) is 0 Å². The molecule has 5 heteroatoms. The van der Waals surface area contributed by atoms with E-state index in [4.69, 9.17) is 11.6 Å². The van der Waals surface area contributed by atoms with Gasteiger partial charge in [-0.25, -0.2) is 15.0 Å². The lowest BCUT2D eigenvalue weighted by Gasteiger charge is -1.97. The van der Waals surface area contributed by atoms with Crippen LogP contribution in [0.2, 0.25) is 0 Å². The lowest BCUT2D eigenvalue weighted by molar-refractivity contribution is 0.783. The van der Waals surface area contributed by atoms with E-state index in [0.29, 0.717) is 5.88 Å². The number of halogens is 1. The normalized spacial score (nSPS) is 10.8. The minimum Gasteiger partial charge on any atom is -0.314 e. The summed E-state index contributed by atoms with van der Waals surface area (Å²) in [6.45, 7) is 0.731. The van der Waals surface area contributed by atoms with E-state index < -0.39 is 0 Å². The van der Waals surface area contributed by atoms with Gasteiger partial charge < -0.3 is 4.57 Å². The molecule has 62 valence electrons. The molecule has 0 aromatic carbocycles. The van der Waals surface area contributed by atoms with Crippen LogP contribution < -0.4 is 0 Å². The van der Waals surface area contributed by atoms with Gasteiger partial charge in [-0.05, 0) is 0 Å². The smallest absolute Gasteiger partial charge is 0.163 e. The lowest BCUT2D eigenvalue weighted by Crippen LogP contribution is -1.97. The molecule has 12 heavy (non-hydrogen) atoms. The third-order valence-electron chi connectivity index (χ3n) is 1.61. The maximum absolute atomic E-state index is 5.60. The highest BCUT2D eigenvalue weighted by Gasteiger charge is 2.01. The highest BCUT2D eigenvalue weighted by atomic mass is 35.5. The van der Waals surface area contributed by atoms with Crippen molar-refractivity contribution in [3.63, 3.8) is 0 Å². The molecule has 0 aliphatic heterocycles. The van der Waals surface area contributed by atoms with Crippen molar-refractivity contribution in [3.05, 3.63) is 18.9 Å². The average molecular weight is 183 g/mol. The summed E-state index contributed by atoms with van der Waals surface area (Å²) < 4.78 is 1.91. The van der Waals surface area contributed by atoms with Crippen molar-refractivity contribution in [1.29, 1.82) is 0 Å². The third-order valence-corrected chi connectivity index (χ3v) is 1.78. The molecule has 2 aromatic rings. The molecular weight excluding hydrogens is 176 g/mol. The Morgan fingerprint density at radius 3 is 3.17 bits per heavy atom. The third kappa shape index (κ3) is 1.14. The van der Waals surface area contributed by atoms with E-state index in [-0.39, 0.29) is 0 Å². The first kappa shape index (κ1) is 7.49. The van der Waals surface area contributed by atoms with Crippen LogP contribution in [0.5, 0.6) is 0 Å². The summed E-state index contributed by atoms with van der Waals surface area (Å²) in [4.78, 5) is 12.1. The van der Waals surface area contributed by atoms with Crippen LogP contribution in [0, 0.1) is 0 Å². The van der Waals surface area contributed by atoms with Crippen LogP contribution in [0.25, 0.3) is 11.2 Å². The van der Waals surface area contributed by atoms with Gasteiger partial charge in [-0.1, -0.05) is 0 Å². The van der Waals surface area contributed by atoms with Gasteiger partial charge in [-0.15, -0.1) is 11.6 Å². The Hall–Kier alpha value is -1.16. The Labute approximate surface area is 74.2 Å². The van der Waals surface area contributed by atoms with Crippen molar-refractivity contribution >= 4 is 22.8 Å². The molecule has 0 atom stereocenters. The first-order chi connectivity index (χ1) is 5.92. The second-order valence-electron chi connectivity index (χ2n) is 2.36. The second kappa shape index (κ2) is 3.06. The SMILES string of the molecule is ClCCn1cnc2cncnc21. The Balaban J connectivity index is 2.55. The highest BCUT2D eigenvalue weighted by molar-refractivity contribution is 6.17. The van der Waals surface area contributed by atoms with E-state index >= 15 is 0 Å². The number of alkyl halides is 1. The van der Waals surface area contributed by atoms with Crippen LogP contribution in [0.1, 0.15) is 0 Å². The first-order valence-corrected chi connectivity index (χ1v) is 4.12. The number of hydrogen-bond donors (Lipinski definition) is 0. The second-order valence-corrected chi connectivity index (χ2v) is 2.74. The number of fused-ring (bicyclic) bond motifs is 1. The highest BCUT2D eigenvalue weighted by Crippen LogP contribution is 2.06. The molecule has 0 saturated heterocycles. The van der Waals surface area contributed by atoms with Crippen molar-refractivity contribution in [3.8, 4) is 0 Å². The Morgan fingerprint density at radius 2 is 2.33 bits per heavy atom. The van der Waals surface area contributed by atoms with E-state index in [1.54, 1.807) is 12.5 Å². The van der Waals surface area contributed by atoms with Gasteiger partial charge in [0.15, 0.2) is 5.65 Å². The molecule has 0 N–H and O–H groups in total. The van der Waals surface area contributed by atoms with Gasteiger partial charge in [0.05, 0.1) is 12.5 Å². The Bertz CT molecular complexity index is 384. The molecule has 0 amide bonds. The molecule has 0 saturated carbocycles. The number of rotatable bonds is 2. The fourth-order valence-corrected chi connectivity index (χ4v) is 1.25. The van der Waals surface area contributed by atoms with Gasteiger partial charge in [-0.2, -0.15) is 0 Å². The van der Waals surface area contributed by atoms with E-state index in [1.807, 2.05) is 4.57 Å². The van der Waals surface area contributed by atoms with Gasteiger partial charge in [0, 0.05) is 12.4 Å². The van der Waals surface area contributed by atoms with Gasteiger partial charge >= 0.3 is 0 Å². The van der Waals surface area contributed by atoms with Crippen LogP contribution in [-0.4, -0.2) is 25.4 Å². The summed E-state index contributed by atoms with van der Waals surface area (Å²) >= 11 is 5.60. The lowest BCUT2D eigenvalue weighted by atomic mass is 10.5. The molecule has 2 aromatic heterocycles. The minimum atomic E-state index is 0.565. The Morgan fingerprint density at radius 1 is 1.42 bits per heavy atom. The average Bonchev–Trinajstić information content (AvgIpc) is 2.50. The van der Waals surface area contributed by atoms with Crippen molar-refractivity contribution < 1.29 is 0 Å². The van der Waals surface area contributed by atoms with Gasteiger partial charge in [0.2, 0.25) is 0 Å². The molecule has 0 bridgehead atoms. The number of imidazole rings is 1. The maximum Gasteiger partial charge on any atom is 0.163 e. The van der Waals surface area contributed by atoms with Crippen molar-refractivity contribution in [2.45, 2.75) is 6.54 Å². The zero-order valence-electron chi connectivity index (χ0n) is 6.31. The van der Waals surface area contributed by atoms with Gasteiger partial charge in [0.1, 0.15) is 11.8 Å². The first-order valence-electron chi connectivity index (χ1n) is 3.58. The maximum atomic E-state index is 5.60. The van der Waals surface area contributed by atoms with Gasteiger partial charge in [-0.3, -0.25) is 0 Å². The van der Waals surface area contributed by atoms with Crippen molar-refractivity contribution in [2.24, 2.45) is 0 Å². The summed E-state index contributed by atoms with van der Waals surface area (Å²) in [5.74, 6) is 0.565. The molecule has 0 aliphatic rings. The van der Waals surface area contributed by atoms with Crippen molar-refractivity contribution in [2.75, 3.05) is 5.88 Å². The van der Waals surface area contributed by atoms with E-state index in [9.17, 15) is 0 Å². The molecule has 0 radical (unpaired) electrons. The van der Waals surface area contributed by atoms with E-state index in [2.05, 4.69) is 15.0 Å².